The molecule has 7 atom stereocenters. The highest BCUT2D eigenvalue weighted by Crippen LogP contribution is 2.67. The highest BCUT2D eigenvalue weighted by atomic mass is 16.4. The number of allylic oxidation sites excluding steroid dienone is 2. The van der Waals surface area contributed by atoms with Gasteiger partial charge >= 0.3 is 11.7 Å². The summed E-state index contributed by atoms with van der Waals surface area (Å²) in [5.41, 5.74) is 3.16. The summed E-state index contributed by atoms with van der Waals surface area (Å²) in [5.74, 6) is 2.56. The lowest BCUT2D eigenvalue weighted by atomic mass is 9.45. The highest BCUT2D eigenvalue weighted by molar-refractivity contribution is 5.74. The van der Waals surface area contributed by atoms with Gasteiger partial charge in [-0.15, -0.1) is 0 Å². The molecule has 6 rings (SSSR count). The van der Waals surface area contributed by atoms with Gasteiger partial charge in [0.2, 0.25) is 0 Å². The van der Waals surface area contributed by atoms with Gasteiger partial charge in [0.25, 0.3) is 0 Å². The molecular weight excluding hydrogens is 462 g/mol. The Bertz CT molecular complexity index is 1080. The molecule has 0 aromatic carbocycles. The zero-order chi connectivity index (χ0) is 25.8. The van der Waals surface area contributed by atoms with Crippen LogP contribution in [-0.4, -0.2) is 55.1 Å². The van der Waals surface area contributed by atoms with E-state index in [2.05, 4.69) is 42.1 Å². The molecule has 6 heteroatoms. The number of rotatable bonds is 2. The predicted octanol–water partition coefficient (Wildman–Crippen LogP) is 5.40. The van der Waals surface area contributed by atoms with E-state index in [0.29, 0.717) is 29.2 Å². The van der Waals surface area contributed by atoms with Crippen LogP contribution in [0.2, 0.25) is 0 Å². The Hall–Kier alpha value is -2.08. The summed E-state index contributed by atoms with van der Waals surface area (Å²) in [4.78, 5) is 29.0. The third kappa shape index (κ3) is 4.18. The van der Waals surface area contributed by atoms with Gasteiger partial charge < -0.3 is 19.5 Å². The fraction of sp³-hybridized carbons (Fsp3) is 0.742. The van der Waals surface area contributed by atoms with Crippen LogP contribution in [0.3, 0.4) is 0 Å². The SMILES string of the molecule is CN(C(=O)N1CCCNCC1)[C@H]1CC[C@@]2(C)[C@H](CC[C@H]3C4=CC[C@H](c5ccc(=O)oc5)[C@@]4(C)CC[C@@H]32)C1. The monoisotopic (exact) mass is 507 g/mol. The molecule has 0 spiro atoms. The zero-order valence-corrected chi connectivity index (χ0v) is 23.0. The van der Waals surface area contributed by atoms with Crippen molar-refractivity contribution >= 4 is 6.03 Å². The van der Waals surface area contributed by atoms with Crippen LogP contribution in [0.25, 0.3) is 0 Å². The highest BCUT2D eigenvalue weighted by Gasteiger charge is 2.58. The van der Waals surface area contributed by atoms with Gasteiger partial charge in [0.1, 0.15) is 0 Å². The van der Waals surface area contributed by atoms with Gasteiger partial charge in [-0.1, -0.05) is 25.5 Å². The standard InChI is InChI=1S/C31H45N3O3/c1-30-13-11-23(33(3)29(36)34-17-4-15-32-16-18-34)19-22(30)6-7-24-26-9-8-25(21-5-10-28(35)37-20-21)31(26,2)14-12-27(24)30/h5,9-10,20,22-25,27,32H,4,6-8,11-19H2,1-3H3/t22-,23+,24+,25-,27+,30+,31-/m1/s1. The molecule has 4 fully saturated rings. The fourth-order valence-electron chi connectivity index (χ4n) is 9.40. The molecule has 2 heterocycles. The number of carbonyl (C=O) groups is 1. The molecule has 4 aliphatic carbocycles. The first-order chi connectivity index (χ1) is 17.8. The molecule has 1 N–H and O–H groups in total. The van der Waals surface area contributed by atoms with Crippen molar-refractivity contribution in [2.75, 3.05) is 33.2 Å². The minimum atomic E-state index is -0.263. The Balaban J connectivity index is 1.15. The van der Waals surface area contributed by atoms with Crippen LogP contribution in [0.15, 0.2) is 39.3 Å². The second-order valence-electron chi connectivity index (χ2n) is 13.2. The zero-order valence-electron chi connectivity index (χ0n) is 23.0. The van der Waals surface area contributed by atoms with Crippen molar-refractivity contribution in [1.29, 1.82) is 0 Å². The van der Waals surface area contributed by atoms with Crippen LogP contribution in [0.5, 0.6) is 0 Å². The Morgan fingerprint density at radius 1 is 1.11 bits per heavy atom. The van der Waals surface area contributed by atoms with E-state index in [1.165, 1.54) is 37.7 Å². The van der Waals surface area contributed by atoms with Crippen LogP contribution >= 0.6 is 0 Å². The number of fused-ring (bicyclic) bond motifs is 5. The van der Waals surface area contributed by atoms with Crippen molar-refractivity contribution in [3.05, 3.63) is 46.0 Å². The Kier molecular flexibility index (Phi) is 6.53. The van der Waals surface area contributed by atoms with Gasteiger partial charge in [-0.05, 0) is 110 Å². The number of hydrogen-bond donors (Lipinski definition) is 1. The lowest BCUT2D eigenvalue weighted by Gasteiger charge is -2.60. The molecule has 2 amide bonds. The maximum Gasteiger partial charge on any atom is 0.335 e. The van der Waals surface area contributed by atoms with Crippen molar-refractivity contribution in [3.8, 4) is 0 Å². The summed E-state index contributed by atoms with van der Waals surface area (Å²) >= 11 is 0. The van der Waals surface area contributed by atoms with E-state index < -0.39 is 0 Å². The summed E-state index contributed by atoms with van der Waals surface area (Å²) < 4.78 is 5.27. The van der Waals surface area contributed by atoms with Crippen LogP contribution in [0, 0.1) is 28.6 Å². The molecule has 1 aromatic heterocycles. The average Bonchev–Trinajstić information content (AvgIpc) is 3.05. The van der Waals surface area contributed by atoms with Crippen molar-refractivity contribution in [3.63, 3.8) is 0 Å². The predicted molar refractivity (Wildman–Crippen MR) is 145 cm³/mol. The van der Waals surface area contributed by atoms with Gasteiger partial charge in [-0.3, -0.25) is 0 Å². The third-order valence-corrected chi connectivity index (χ3v) is 11.6. The topological polar surface area (TPSA) is 65.8 Å². The van der Waals surface area contributed by atoms with Gasteiger partial charge in [0.05, 0.1) is 6.26 Å². The van der Waals surface area contributed by atoms with Crippen molar-refractivity contribution in [2.24, 2.45) is 28.6 Å². The molecule has 0 radical (unpaired) electrons. The summed E-state index contributed by atoms with van der Waals surface area (Å²) in [6.07, 6.45) is 15.0. The van der Waals surface area contributed by atoms with Gasteiger partial charge in [-0.2, -0.15) is 0 Å². The first-order valence-electron chi connectivity index (χ1n) is 14.8. The van der Waals surface area contributed by atoms with Crippen LogP contribution in [-0.2, 0) is 0 Å². The molecule has 0 unspecified atom stereocenters. The third-order valence-electron chi connectivity index (χ3n) is 11.6. The largest absolute Gasteiger partial charge is 0.431 e. The maximum atomic E-state index is 13.3. The number of urea groups is 1. The van der Waals surface area contributed by atoms with E-state index in [0.717, 1.165) is 57.8 Å². The van der Waals surface area contributed by atoms with E-state index in [-0.39, 0.29) is 17.1 Å². The Morgan fingerprint density at radius 3 is 2.78 bits per heavy atom. The Labute approximate surface area is 221 Å². The van der Waals surface area contributed by atoms with Gasteiger partial charge in [0, 0.05) is 38.8 Å². The molecule has 1 aliphatic heterocycles. The molecule has 1 aromatic rings. The molecule has 3 saturated carbocycles. The van der Waals surface area contributed by atoms with Crippen LogP contribution in [0.4, 0.5) is 4.79 Å². The lowest BCUT2D eigenvalue weighted by molar-refractivity contribution is -0.0678. The second-order valence-corrected chi connectivity index (χ2v) is 13.2. The molecule has 1 saturated heterocycles. The molecule has 5 aliphatic rings. The molecule has 6 nitrogen and oxygen atoms in total. The first-order valence-corrected chi connectivity index (χ1v) is 14.8. The number of hydrogen-bond acceptors (Lipinski definition) is 4. The van der Waals surface area contributed by atoms with Crippen molar-refractivity contribution < 1.29 is 9.21 Å². The normalized spacial score (nSPS) is 39.6. The van der Waals surface area contributed by atoms with Crippen LogP contribution < -0.4 is 10.9 Å². The number of amides is 2. The number of nitrogens with one attached hydrogen (secondary N) is 1. The van der Waals surface area contributed by atoms with E-state index in [1.54, 1.807) is 17.9 Å². The van der Waals surface area contributed by atoms with E-state index >= 15 is 0 Å². The lowest BCUT2D eigenvalue weighted by Crippen LogP contribution is -2.55. The van der Waals surface area contributed by atoms with Gasteiger partial charge in [-0.25, -0.2) is 9.59 Å². The summed E-state index contributed by atoms with van der Waals surface area (Å²) in [5, 5.41) is 3.42. The summed E-state index contributed by atoms with van der Waals surface area (Å²) in [6.45, 7) is 8.68. The summed E-state index contributed by atoms with van der Waals surface area (Å²) in [6, 6.07) is 4.18. The van der Waals surface area contributed by atoms with E-state index in [4.69, 9.17) is 4.42 Å². The van der Waals surface area contributed by atoms with E-state index in [1.807, 2.05) is 6.07 Å². The van der Waals surface area contributed by atoms with E-state index in [9.17, 15) is 9.59 Å². The van der Waals surface area contributed by atoms with Crippen molar-refractivity contribution in [1.82, 2.24) is 15.1 Å². The van der Waals surface area contributed by atoms with Gasteiger partial charge in [0.15, 0.2) is 0 Å². The minimum absolute atomic E-state index is 0.177. The van der Waals surface area contributed by atoms with Crippen molar-refractivity contribution in [2.45, 2.75) is 83.6 Å². The summed E-state index contributed by atoms with van der Waals surface area (Å²) in [7, 11) is 2.06. The smallest absolute Gasteiger partial charge is 0.335 e. The quantitative estimate of drug-likeness (QED) is 0.544. The molecule has 37 heavy (non-hydrogen) atoms. The Morgan fingerprint density at radius 2 is 1.97 bits per heavy atom. The average molecular weight is 508 g/mol. The number of carbonyl (C=O) groups excluding carboxylic acids is 1. The molecule has 0 bridgehead atoms. The fourth-order valence-corrected chi connectivity index (χ4v) is 9.40. The minimum Gasteiger partial charge on any atom is -0.431 e. The number of nitrogens with zero attached hydrogens (tertiary/aromatic N) is 2. The van der Waals surface area contributed by atoms with Crippen LogP contribution in [0.1, 0.15) is 83.1 Å². The first kappa shape index (κ1) is 25.2. The molecular formula is C31H45N3O3. The second kappa shape index (κ2) is 9.59. The molecule has 202 valence electrons. The maximum absolute atomic E-state index is 13.3.